The molecule has 0 N–H and O–H groups in total. The highest BCUT2D eigenvalue weighted by Crippen LogP contribution is 2.29. The third kappa shape index (κ3) is 2.90. The van der Waals surface area contributed by atoms with Crippen LogP contribution in [0, 0.1) is 17.8 Å². The van der Waals surface area contributed by atoms with Crippen molar-refractivity contribution in [3.63, 3.8) is 0 Å². The van der Waals surface area contributed by atoms with Crippen molar-refractivity contribution in [2.24, 2.45) is 17.8 Å². The van der Waals surface area contributed by atoms with E-state index in [0.717, 1.165) is 0 Å². The van der Waals surface area contributed by atoms with Gasteiger partial charge in [0.05, 0.1) is 5.92 Å². The Hall–Kier alpha value is -1.96. The maximum absolute atomic E-state index is 12.5. The Morgan fingerprint density at radius 2 is 1.63 bits per heavy atom. The number of carbonyl (C=O) groups excluding carboxylic acids is 2. The summed E-state index contributed by atoms with van der Waals surface area (Å²) in [6.07, 6.45) is 8.01. The van der Waals surface area contributed by atoms with Gasteiger partial charge in [0.25, 0.3) is 0 Å². The van der Waals surface area contributed by atoms with Gasteiger partial charge in [-0.2, -0.15) is 0 Å². The number of carbonyl (C=O) groups is 2. The first-order valence-electron chi connectivity index (χ1n) is 6.56. The van der Waals surface area contributed by atoms with Crippen LogP contribution in [0.15, 0.2) is 54.6 Å². The minimum Gasteiger partial charge on any atom is -0.299 e. The first-order valence-corrected chi connectivity index (χ1v) is 6.56. The zero-order valence-corrected chi connectivity index (χ0v) is 11.2. The van der Waals surface area contributed by atoms with Crippen LogP contribution in [0.4, 0.5) is 0 Å². The van der Waals surface area contributed by atoms with Crippen LogP contribution in [0.3, 0.4) is 0 Å². The molecule has 2 unspecified atom stereocenters. The smallest absolute Gasteiger partial charge is 0.173 e. The molecule has 0 aliphatic heterocycles. The SMILES string of the molecule is CC(=O)C(C(=O)c1ccccc1)C(C)C1C=CC=C1. The molecular weight excluding hydrogens is 236 g/mol. The molecule has 1 aliphatic carbocycles. The van der Waals surface area contributed by atoms with E-state index in [4.69, 9.17) is 0 Å². The van der Waals surface area contributed by atoms with Gasteiger partial charge in [0.2, 0.25) is 0 Å². The zero-order valence-electron chi connectivity index (χ0n) is 11.2. The lowest BCUT2D eigenvalue weighted by atomic mass is 9.77. The van der Waals surface area contributed by atoms with Crippen LogP contribution < -0.4 is 0 Å². The maximum atomic E-state index is 12.5. The van der Waals surface area contributed by atoms with E-state index >= 15 is 0 Å². The molecule has 0 fully saturated rings. The fraction of sp³-hybridized carbons (Fsp3) is 0.294. The van der Waals surface area contributed by atoms with Crippen molar-refractivity contribution in [2.45, 2.75) is 13.8 Å². The molecule has 0 radical (unpaired) electrons. The van der Waals surface area contributed by atoms with Crippen LogP contribution in [0.2, 0.25) is 0 Å². The highest BCUT2D eigenvalue weighted by Gasteiger charge is 2.33. The average molecular weight is 254 g/mol. The number of Topliss-reactive ketones (excluding diaryl/α,β-unsaturated/α-hetero) is 2. The summed E-state index contributed by atoms with van der Waals surface area (Å²) >= 11 is 0. The van der Waals surface area contributed by atoms with Crippen molar-refractivity contribution in [3.8, 4) is 0 Å². The summed E-state index contributed by atoms with van der Waals surface area (Å²) in [4.78, 5) is 24.4. The van der Waals surface area contributed by atoms with Crippen LogP contribution in [0.1, 0.15) is 24.2 Å². The largest absolute Gasteiger partial charge is 0.299 e. The van der Waals surface area contributed by atoms with E-state index in [0.29, 0.717) is 5.56 Å². The molecule has 0 spiro atoms. The first kappa shape index (κ1) is 13.5. The number of hydrogen-bond acceptors (Lipinski definition) is 2. The second kappa shape index (κ2) is 5.79. The highest BCUT2D eigenvalue weighted by molar-refractivity contribution is 6.10. The maximum Gasteiger partial charge on any atom is 0.173 e. The number of ketones is 2. The Morgan fingerprint density at radius 3 is 2.16 bits per heavy atom. The molecule has 2 nitrogen and oxygen atoms in total. The van der Waals surface area contributed by atoms with Gasteiger partial charge in [-0.05, 0) is 18.8 Å². The molecule has 1 aromatic carbocycles. The Kier molecular flexibility index (Phi) is 4.10. The molecule has 98 valence electrons. The Bertz CT molecular complexity index is 513. The van der Waals surface area contributed by atoms with Crippen molar-refractivity contribution in [3.05, 3.63) is 60.2 Å². The fourth-order valence-electron chi connectivity index (χ4n) is 2.60. The summed E-state index contributed by atoms with van der Waals surface area (Å²) < 4.78 is 0. The molecule has 2 atom stereocenters. The lowest BCUT2D eigenvalue weighted by molar-refractivity contribution is -0.120. The summed E-state index contributed by atoms with van der Waals surface area (Å²) in [5.74, 6) is -0.550. The van der Waals surface area contributed by atoms with E-state index in [1.54, 1.807) is 12.1 Å². The predicted octanol–water partition coefficient (Wildman–Crippen LogP) is 3.45. The van der Waals surface area contributed by atoms with Crippen LogP contribution in [0.25, 0.3) is 0 Å². The fourth-order valence-corrected chi connectivity index (χ4v) is 2.60. The van der Waals surface area contributed by atoms with E-state index in [1.807, 2.05) is 49.4 Å². The second-order valence-corrected chi connectivity index (χ2v) is 5.02. The van der Waals surface area contributed by atoms with Crippen molar-refractivity contribution >= 4 is 11.6 Å². The second-order valence-electron chi connectivity index (χ2n) is 5.02. The monoisotopic (exact) mass is 254 g/mol. The Labute approximate surface area is 113 Å². The molecule has 2 heteroatoms. The molecule has 19 heavy (non-hydrogen) atoms. The molecule has 0 heterocycles. The molecule has 0 aromatic heterocycles. The van der Waals surface area contributed by atoms with Crippen LogP contribution in [-0.2, 0) is 4.79 Å². The van der Waals surface area contributed by atoms with Crippen molar-refractivity contribution < 1.29 is 9.59 Å². The van der Waals surface area contributed by atoms with Crippen molar-refractivity contribution in [1.29, 1.82) is 0 Å². The van der Waals surface area contributed by atoms with E-state index in [-0.39, 0.29) is 23.4 Å². The highest BCUT2D eigenvalue weighted by atomic mass is 16.1. The number of benzene rings is 1. The van der Waals surface area contributed by atoms with Gasteiger partial charge < -0.3 is 0 Å². The van der Waals surface area contributed by atoms with Crippen LogP contribution in [0.5, 0.6) is 0 Å². The summed E-state index contributed by atoms with van der Waals surface area (Å²) in [5.41, 5.74) is 0.612. The van der Waals surface area contributed by atoms with Gasteiger partial charge >= 0.3 is 0 Å². The van der Waals surface area contributed by atoms with Gasteiger partial charge in [-0.3, -0.25) is 9.59 Å². The summed E-state index contributed by atoms with van der Waals surface area (Å²) in [7, 11) is 0. The van der Waals surface area contributed by atoms with Crippen molar-refractivity contribution in [1.82, 2.24) is 0 Å². The van der Waals surface area contributed by atoms with E-state index in [9.17, 15) is 9.59 Å². The van der Waals surface area contributed by atoms with Crippen LogP contribution in [-0.4, -0.2) is 11.6 Å². The van der Waals surface area contributed by atoms with Gasteiger partial charge in [0, 0.05) is 5.56 Å². The molecular formula is C17H18O2. The summed E-state index contributed by atoms with van der Waals surface area (Å²) in [6.45, 7) is 3.47. The normalized spacial score (nSPS) is 17.4. The molecule has 1 aliphatic rings. The molecule has 0 saturated carbocycles. The molecule has 0 amide bonds. The van der Waals surface area contributed by atoms with E-state index in [2.05, 4.69) is 0 Å². The lowest BCUT2D eigenvalue weighted by Crippen LogP contribution is -2.31. The standard InChI is InChI=1S/C17H18O2/c1-12(14-8-6-7-9-14)16(13(2)18)17(19)15-10-4-3-5-11-15/h3-12,14,16H,1-2H3. The molecule has 2 rings (SSSR count). The Balaban J connectivity index is 2.25. The van der Waals surface area contributed by atoms with Gasteiger partial charge in [-0.25, -0.2) is 0 Å². The summed E-state index contributed by atoms with van der Waals surface area (Å²) in [6, 6.07) is 9.05. The molecule has 0 saturated heterocycles. The quantitative estimate of drug-likeness (QED) is 0.595. The molecule has 0 bridgehead atoms. The third-order valence-corrected chi connectivity index (χ3v) is 3.69. The average Bonchev–Trinajstić information content (AvgIpc) is 2.93. The van der Waals surface area contributed by atoms with E-state index < -0.39 is 5.92 Å². The number of allylic oxidation sites excluding steroid dienone is 4. The topological polar surface area (TPSA) is 34.1 Å². The predicted molar refractivity (Wildman–Crippen MR) is 75.9 cm³/mol. The molecule has 1 aromatic rings. The minimum absolute atomic E-state index is 0.0137. The van der Waals surface area contributed by atoms with Gasteiger partial charge in [0.1, 0.15) is 5.78 Å². The van der Waals surface area contributed by atoms with E-state index in [1.165, 1.54) is 6.92 Å². The zero-order chi connectivity index (χ0) is 13.8. The Morgan fingerprint density at radius 1 is 1.05 bits per heavy atom. The number of rotatable bonds is 5. The lowest BCUT2D eigenvalue weighted by Gasteiger charge is -2.24. The van der Waals surface area contributed by atoms with Crippen LogP contribution >= 0.6 is 0 Å². The van der Waals surface area contributed by atoms with Gasteiger partial charge in [0.15, 0.2) is 5.78 Å². The van der Waals surface area contributed by atoms with Gasteiger partial charge in [-0.1, -0.05) is 61.6 Å². The minimum atomic E-state index is -0.570. The van der Waals surface area contributed by atoms with Gasteiger partial charge in [-0.15, -0.1) is 0 Å². The van der Waals surface area contributed by atoms with Crippen molar-refractivity contribution in [2.75, 3.05) is 0 Å². The summed E-state index contributed by atoms with van der Waals surface area (Å²) in [5, 5.41) is 0. The first-order chi connectivity index (χ1) is 9.11. The number of hydrogen-bond donors (Lipinski definition) is 0. The third-order valence-electron chi connectivity index (χ3n) is 3.69.